The van der Waals surface area contributed by atoms with Gasteiger partial charge in [0.15, 0.2) is 0 Å². The second-order valence-electron chi connectivity index (χ2n) is 3.19. The molecule has 1 heterocycles. The van der Waals surface area contributed by atoms with Gasteiger partial charge in [0.2, 0.25) is 0 Å². The van der Waals surface area contributed by atoms with Gasteiger partial charge >= 0.3 is 5.97 Å². The molecular formula is C7H10O3. The first-order valence-corrected chi connectivity index (χ1v) is 3.59. The van der Waals surface area contributed by atoms with Crippen LogP contribution in [0.25, 0.3) is 0 Å². The van der Waals surface area contributed by atoms with Crippen molar-refractivity contribution in [2.75, 3.05) is 6.61 Å². The number of aliphatic hydroxyl groups is 1. The van der Waals surface area contributed by atoms with Gasteiger partial charge in [0.05, 0.1) is 12.0 Å². The standard InChI is InChI=1S/C7H10O3/c8-4-5-3-7(1-2-7)6(9)10-5/h5,8H,1-4H2. The van der Waals surface area contributed by atoms with E-state index in [2.05, 4.69) is 0 Å². The van der Waals surface area contributed by atoms with Gasteiger partial charge < -0.3 is 9.84 Å². The number of hydrogen-bond acceptors (Lipinski definition) is 3. The van der Waals surface area contributed by atoms with E-state index in [0.717, 1.165) is 19.3 Å². The maximum Gasteiger partial charge on any atom is 0.312 e. The van der Waals surface area contributed by atoms with Crippen molar-refractivity contribution in [2.45, 2.75) is 25.4 Å². The Morgan fingerprint density at radius 2 is 2.40 bits per heavy atom. The number of ether oxygens (including phenoxy) is 1. The topological polar surface area (TPSA) is 46.5 Å². The molecule has 0 bridgehead atoms. The first-order valence-electron chi connectivity index (χ1n) is 3.59. The number of carbonyl (C=O) groups is 1. The van der Waals surface area contributed by atoms with Gasteiger partial charge in [-0.3, -0.25) is 4.79 Å². The van der Waals surface area contributed by atoms with Crippen LogP contribution < -0.4 is 0 Å². The highest BCUT2D eigenvalue weighted by molar-refractivity contribution is 5.81. The van der Waals surface area contributed by atoms with E-state index in [9.17, 15) is 4.79 Å². The summed E-state index contributed by atoms with van der Waals surface area (Å²) in [6, 6.07) is 0. The molecule has 1 unspecified atom stereocenters. The van der Waals surface area contributed by atoms with Crippen LogP contribution in [0.15, 0.2) is 0 Å². The summed E-state index contributed by atoms with van der Waals surface area (Å²) in [5.74, 6) is -0.0912. The maximum atomic E-state index is 11.0. The third-order valence-corrected chi connectivity index (χ3v) is 2.38. The molecule has 56 valence electrons. The lowest BCUT2D eigenvalue weighted by atomic mass is 10.0. The molecule has 0 amide bonds. The molecule has 3 heteroatoms. The van der Waals surface area contributed by atoms with Crippen LogP contribution >= 0.6 is 0 Å². The predicted molar refractivity (Wildman–Crippen MR) is 33.2 cm³/mol. The number of hydrogen-bond donors (Lipinski definition) is 1. The average molecular weight is 142 g/mol. The quantitative estimate of drug-likeness (QED) is 0.527. The molecule has 1 N–H and O–H groups in total. The van der Waals surface area contributed by atoms with E-state index in [0.29, 0.717) is 0 Å². The second kappa shape index (κ2) is 1.72. The van der Waals surface area contributed by atoms with Crippen LogP contribution in [0.3, 0.4) is 0 Å². The van der Waals surface area contributed by atoms with E-state index in [-0.39, 0.29) is 24.1 Å². The second-order valence-corrected chi connectivity index (χ2v) is 3.19. The van der Waals surface area contributed by atoms with Gasteiger partial charge in [-0.05, 0) is 12.8 Å². The van der Waals surface area contributed by atoms with Crippen LogP contribution in [-0.2, 0) is 9.53 Å². The molecule has 0 aromatic heterocycles. The van der Waals surface area contributed by atoms with E-state index >= 15 is 0 Å². The van der Waals surface area contributed by atoms with Crippen molar-refractivity contribution in [3.05, 3.63) is 0 Å². The van der Waals surface area contributed by atoms with Crippen molar-refractivity contribution >= 4 is 5.97 Å². The van der Waals surface area contributed by atoms with Gasteiger partial charge in [0.1, 0.15) is 6.10 Å². The lowest BCUT2D eigenvalue weighted by Gasteiger charge is -2.01. The predicted octanol–water partition coefficient (Wildman–Crippen LogP) is 0.0744. The number of rotatable bonds is 1. The molecule has 0 aromatic rings. The molecule has 2 rings (SSSR count). The Bertz CT molecular complexity index is 172. The normalized spacial score (nSPS) is 34.5. The van der Waals surface area contributed by atoms with E-state index in [1.807, 2.05) is 0 Å². The molecule has 1 saturated carbocycles. The monoisotopic (exact) mass is 142 g/mol. The highest BCUT2D eigenvalue weighted by atomic mass is 16.6. The molecule has 2 fully saturated rings. The van der Waals surface area contributed by atoms with Crippen molar-refractivity contribution in [3.8, 4) is 0 Å². The lowest BCUT2D eigenvalue weighted by molar-refractivity contribution is -0.146. The molecule has 1 saturated heterocycles. The van der Waals surface area contributed by atoms with Crippen molar-refractivity contribution in [1.29, 1.82) is 0 Å². The van der Waals surface area contributed by atoms with Crippen molar-refractivity contribution in [2.24, 2.45) is 5.41 Å². The largest absolute Gasteiger partial charge is 0.459 e. The smallest absolute Gasteiger partial charge is 0.312 e. The lowest BCUT2D eigenvalue weighted by Crippen LogP contribution is -2.10. The summed E-state index contributed by atoms with van der Waals surface area (Å²) in [5.41, 5.74) is -0.145. The van der Waals surface area contributed by atoms with E-state index < -0.39 is 0 Å². The summed E-state index contributed by atoms with van der Waals surface area (Å²) in [5, 5.41) is 8.67. The van der Waals surface area contributed by atoms with E-state index in [1.165, 1.54) is 0 Å². The summed E-state index contributed by atoms with van der Waals surface area (Å²) in [4.78, 5) is 11.0. The Hall–Kier alpha value is -0.570. The number of aliphatic hydroxyl groups excluding tert-OH is 1. The highest BCUT2D eigenvalue weighted by Gasteiger charge is 2.57. The van der Waals surface area contributed by atoms with Crippen molar-refractivity contribution in [3.63, 3.8) is 0 Å². The zero-order chi connectivity index (χ0) is 7.19. The molecule has 1 aliphatic carbocycles. The molecule has 0 aromatic carbocycles. The third-order valence-electron chi connectivity index (χ3n) is 2.38. The number of carbonyl (C=O) groups excluding carboxylic acids is 1. The van der Waals surface area contributed by atoms with Crippen LogP contribution in [0.1, 0.15) is 19.3 Å². The molecular weight excluding hydrogens is 132 g/mol. The van der Waals surface area contributed by atoms with Crippen LogP contribution in [-0.4, -0.2) is 23.8 Å². The Balaban J connectivity index is 2.08. The minimum atomic E-state index is -0.213. The Morgan fingerprint density at radius 1 is 1.70 bits per heavy atom. The fraction of sp³-hybridized carbons (Fsp3) is 0.857. The van der Waals surface area contributed by atoms with E-state index in [1.54, 1.807) is 0 Å². The van der Waals surface area contributed by atoms with Crippen LogP contribution in [0.4, 0.5) is 0 Å². The minimum absolute atomic E-state index is 0.0203. The summed E-state index contributed by atoms with van der Waals surface area (Å²) in [7, 11) is 0. The Labute approximate surface area is 59.0 Å². The summed E-state index contributed by atoms with van der Waals surface area (Å²) in [6.07, 6.45) is 2.45. The third kappa shape index (κ3) is 0.669. The fourth-order valence-corrected chi connectivity index (χ4v) is 1.50. The molecule has 3 nitrogen and oxygen atoms in total. The van der Waals surface area contributed by atoms with Crippen LogP contribution in [0.5, 0.6) is 0 Å². The average Bonchev–Trinajstić information content (AvgIpc) is 2.60. The van der Waals surface area contributed by atoms with E-state index in [4.69, 9.17) is 9.84 Å². The molecule has 1 atom stereocenters. The first-order chi connectivity index (χ1) is 4.77. The van der Waals surface area contributed by atoms with Gasteiger partial charge in [0.25, 0.3) is 0 Å². The van der Waals surface area contributed by atoms with Crippen LogP contribution in [0.2, 0.25) is 0 Å². The Morgan fingerprint density at radius 3 is 2.70 bits per heavy atom. The number of cyclic esters (lactones) is 1. The van der Waals surface area contributed by atoms with Crippen LogP contribution in [0, 0.1) is 5.41 Å². The molecule has 1 spiro atoms. The summed E-state index contributed by atoms with van der Waals surface area (Å²) >= 11 is 0. The number of esters is 1. The van der Waals surface area contributed by atoms with Crippen molar-refractivity contribution in [1.82, 2.24) is 0 Å². The van der Waals surface area contributed by atoms with Gasteiger partial charge in [-0.1, -0.05) is 0 Å². The SMILES string of the molecule is O=C1OC(CO)CC12CC2. The van der Waals surface area contributed by atoms with Gasteiger partial charge in [0, 0.05) is 6.42 Å². The van der Waals surface area contributed by atoms with Gasteiger partial charge in [-0.25, -0.2) is 0 Å². The highest BCUT2D eigenvalue weighted by Crippen LogP contribution is 2.54. The molecule has 2 aliphatic rings. The van der Waals surface area contributed by atoms with Crippen molar-refractivity contribution < 1.29 is 14.6 Å². The molecule has 0 radical (unpaired) electrons. The minimum Gasteiger partial charge on any atom is -0.459 e. The summed E-state index contributed by atoms with van der Waals surface area (Å²) in [6.45, 7) is -0.0203. The summed E-state index contributed by atoms with van der Waals surface area (Å²) < 4.78 is 4.90. The zero-order valence-electron chi connectivity index (χ0n) is 5.67. The molecule has 1 aliphatic heterocycles. The van der Waals surface area contributed by atoms with Gasteiger partial charge in [-0.2, -0.15) is 0 Å². The maximum absolute atomic E-state index is 11.0. The van der Waals surface area contributed by atoms with Gasteiger partial charge in [-0.15, -0.1) is 0 Å². The zero-order valence-corrected chi connectivity index (χ0v) is 5.67. The fourth-order valence-electron chi connectivity index (χ4n) is 1.50. The first kappa shape index (κ1) is 6.16. The Kier molecular flexibility index (Phi) is 1.06. The molecule has 10 heavy (non-hydrogen) atoms.